The predicted molar refractivity (Wildman–Crippen MR) is 64.4 cm³/mol. The van der Waals surface area contributed by atoms with Gasteiger partial charge in [-0.05, 0) is 28.1 Å². The number of hydrogen-bond acceptors (Lipinski definition) is 3. The zero-order chi connectivity index (χ0) is 11.1. The summed E-state index contributed by atoms with van der Waals surface area (Å²) in [5.74, 6) is 1.42. The minimum Gasteiger partial charge on any atom is -0.493 e. The Hall–Kier alpha value is -1.00. The lowest BCUT2D eigenvalue weighted by atomic mass is 10.3. The van der Waals surface area contributed by atoms with Gasteiger partial charge in [0.05, 0.1) is 11.6 Å². The molecule has 82 valence electrons. The Morgan fingerprint density at radius 3 is 2.87 bits per heavy atom. The average Bonchev–Trinajstić information content (AvgIpc) is 2.26. The number of methoxy groups -OCH3 is 1. The van der Waals surface area contributed by atoms with Crippen molar-refractivity contribution in [3.05, 3.63) is 34.8 Å². The van der Waals surface area contributed by atoms with Gasteiger partial charge < -0.3 is 15.2 Å². The molecule has 0 spiro atoms. The zero-order valence-corrected chi connectivity index (χ0v) is 10.2. The smallest absolute Gasteiger partial charge is 0.175 e. The Morgan fingerprint density at radius 2 is 2.20 bits per heavy atom. The van der Waals surface area contributed by atoms with Gasteiger partial charge in [0.25, 0.3) is 0 Å². The molecule has 1 rings (SSSR count). The predicted octanol–water partition coefficient (Wildman–Crippen LogP) is 2.35. The zero-order valence-electron chi connectivity index (χ0n) is 8.57. The third-order valence-corrected chi connectivity index (χ3v) is 2.40. The van der Waals surface area contributed by atoms with Gasteiger partial charge in [-0.25, -0.2) is 0 Å². The van der Waals surface area contributed by atoms with E-state index in [9.17, 15) is 0 Å². The maximum Gasteiger partial charge on any atom is 0.175 e. The molecule has 15 heavy (non-hydrogen) atoms. The van der Waals surface area contributed by atoms with Gasteiger partial charge in [-0.15, -0.1) is 0 Å². The van der Waals surface area contributed by atoms with Crippen LogP contribution in [0.2, 0.25) is 0 Å². The van der Waals surface area contributed by atoms with E-state index in [2.05, 4.69) is 15.9 Å². The van der Waals surface area contributed by atoms with Crippen molar-refractivity contribution in [2.24, 2.45) is 5.73 Å². The van der Waals surface area contributed by atoms with Crippen LogP contribution in [-0.2, 0) is 0 Å². The summed E-state index contributed by atoms with van der Waals surface area (Å²) >= 11 is 3.40. The molecule has 0 aliphatic carbocycles. The lowest BCUT2D eigenvalue weighted by molar-refractivity contribution is 0.324. The molecule has 0 fully saturated rings. The summed E-state index contributed by atoms with van der Waals surface area (Å²) in [6.07, 6.45) is 3.72. The van der Waals surface area contributed by atoms with Crippen LogP contribution in [0, 0.1) is 0 Å². The van der Waals surface area contributed by atoms with E-state index < -0.39 is 0 Å². The van der Waals surface area contributed by atoms with E-state index in [4.69, 9.17) is 15.2 Å². The number of nitrogens with two attached hydrogens (primary N) is 1. The second kappa shape index (κ2) is 6.48. The summed E-state index contributed by atoms with van der Waals surface area (Å²) in [6, 6.07) is 5.66. The summed E-state index contributed by atoms with van der Waals surface area (Å²) < 4.78 is 11.6. The van der Waals surface area contributed by atoms with E-state index in [-0.39, 0.29) is 0 Å². The van der Waals surface area contributed by atoms with Crippen molar-refractivity contribution in [3.8, 4) is 11.5 Å². The second-order valence-electron chi connectivity index (χ2n) is 2.79. The molecule has 3 nitrogen and oxygen atoms in total. The largest absolute Gasteiger partial charge is 0.493 e. The van der Waals surface area contributed by atoms with E-state index in [1.54, 1.807) is 7.11 Å². The third-order valence-electron chi connectivity index (χ3n) is 1.78. The van der Waals surface area contributed by atoms with Crippen molar-refractivity contribution in [2.75, 3.05) is 20.3 Å². The Balaban J connectivity index is 2.70. The molecule has 0 unspecified atom stereocenters. The molecule has 0 aromatic heterocycles. The number of ether oxygens (including phenoxy) is 2. The summed E-state index contributed by atoms with van der Waals surface area (Å²) in [7, 11) is 1.62. The highest BCUT2D eigenvalue weighted by Crippen LogP contribution is 2.34. The standard InChI is InChI=1S/C11H14BrNO2/c1-14-10-6-4-5-9(12)11(10)15-8-3-2-7-13/h2-6H,7-8,13H2,1H3/b3-2+. The number of hydrogen-bond donors (Lipinski definition) is 1. The van der Waals surface area contributed by atoms with E-state index in [1.807, 2.05) is 30.4 Å². The van der Waals surface area contributed by atoms with Crippen LogP contribution >= 0.6 is 15.9 Å². The first-order valence-corrected chi connectivity index (χ1v) is 5.39. The van der Waals surface area contributed by atoms with Gasteiger partial charge in [-0.1, -0.05) is 18.2 Å². The highest BCUT2D eigenvalue weighted by atomic mass is 79.9. The minimum atomic E-state index is 0.482. The molecular weight excluding hydrogens is 258 g/mol. The Morgan fingerprint density at radius 1 is 1.40 bits per heavy atom. The molecule has 0 aliphatic rings. The average molecular weight is 272 g/mol. The van der Waals surface area contributed by atoms with Crippen molar-refractivity contribution in [1.29, 1.82) is 0 Å². The van der Waals surface area contributed by atoms with Crippen LogP contribution in [0.15, 0.2) is 34.8 Å². The highest BCUT2D eigenvalue weighted by molar-refractivity contribution is 9.10. The number of para-hydroxylation sites is 1. The third kappa shape index (κ3) is 3.57. The summed E-state index contributed by atoms with van der Waals surface area (Å²) in [5, 5.41) is 0. The van der Waals surface area contributed by atoms with E-state index in [0.29, 0.717) is 24.7 Å². The Kier molecular flexibility index (Phi) is 5.21. The lowest BCUT2D eigenvalue weighted by Gasteiger charge is -2.10. The van der Waals surface area contributed by atoms with Crippen molar-refractivity contribution in [3.63, 3.8) is 0 Å². The molecule has 0 saturated carbocycles. The highest BCUT2D eigenvalue weighted by Gasteiger charge is 2.06. The first kappa shape index (κ1) is 12.1. The minimum absolute atomic E-state index is 0.482. The summed E-state index contributed by atoms with van der Waals surface area (Å²) in [5.41, 5.74) is 5.32. The maximum absolute atomic E-state index is 5.55. The normalized spacial score (nSPS) is 10.6. The fourth-order valence-corrected chi connectivity index (χ4v) is 1.55. The molecule has 0 bridgehead atoms. The monoisotopic (exact) mass is 271 g/mol. The van der Waals surface area contributed by atoms with Crippen LogP contribution in [0.25, 0.3) is 0 Å². The lowest BCUT2D eigenvalue weighted by Crippen LogP contribution is -1.99. The number of rotatable bonds is 5. The summed E-state index contributed by atoms with van der Waals surface area (Å²) in [6.45, 7) is 1.01. The van der Waals surface area contributed by atoms with Crippen LogP contribution in [0.3, 0.4) is 0 Å². The van der Waals surface area contributed by atoms with Gasteiger partial charge in [0.1, 0.15) is 6.61 Å². The van der Waals surface area contributed by atoms with Gasteiger partial charge in [-0.2, -0.15) is 0 Å². The fourth-order valence-electron chi connectivity index (χ4n) is 1.09. The van der Waals surface area contributed by atoms with E-state index in [0.717, 1.165) is 4.47 Å². The molecule has 1 aromatic rings. The van der Waals surface area contributed by atoms with Crippen molar-refractivity contribution in [1.82, 2.24) is 0 Å². The molecule has 0 radical (unpaired) electrons. The van der Waals surface area contributed by atoms with Crippen LogP contribution in [0.1, 0.15) is 0 Å². The molecule has 2 N–H and O–H groups in total. The van der Waals surface area contributed by atoms with Gasteiger partial charge in [0, 0.05) is 6.54 Å². The molecule has 0 aliphatic heterocycles. The SMILES string of the molecule is COc1cccc(Br)c1OC/C=C/CN. The first-order valence-electron chi connectivity index (χ1n) is 4.60. The number of benzene rings is 1. The molecule has 4 heteroatoms. The quantitative estimate of drug-likeness (QED) is 0.837. The Labute approximate surface area is 98.0 Å². The van der Waals surface area contributed by atoms with Gasteiger partial charge in [0.2, 0.25) is 0 Å². The van der Waals surface area contributed by atoms with Crippen LogP contribution in [-0.4, -0.2) is 20.3 Å². The van der Waals surface area contributed by atoms with Crippen LogP contribution in [0.5, 0.6) is 11.5 Å². The van der Waals surface area contributed by atoms with Gasteiger partial charge >= 0.3 is 0 Å². The van der Waals surface area contributed by atoms with Crippen molar-refractivity contribution >= 4 is 15.9 Å². The molecule has 0 heterocycles. The van der Waals surface area contributed by atoms with E-state index in [1.165, 1.54) is 0 Å². The molecular formula is C11H14BrNO2. The molecule has 1 aromatic carbocycles. The van der Waals surface area contributed by atoms with Crippen LogP contribution < -0.4 is 15.2 Å². The maximum atomic E-state index is 5.55. The second-order valence-corrected chi connectivity index (χ2v) is 3.64. The number of halogens is 1. The molecule has 0 atom stereocenters. The van der Waals surface area contributed by atoms with Gasteiger partial charge in [0.15, 0.2) is 11.5 Å². The topological polar surface area (TPSA) is 44.5 Å². The van der Waals surface area contributed by atoms with Gasteiger partial charge in [-0.3, -0.25) is 0 Å². The fraction of sp³-hybridized carbons (Fsp3) is 0.273. The first-order chi connectivity index (χ1) is 7.29. The van der Waals surface area contributed by atoms with Crippen LogP contribution in [0.4, 0.5) is 0 Å². The summed E-state index contributed by atoms with van der Waals surface area (Å²) in [4.78, 5) is 0. The molecule has 0 amide bonds. The van der Waals surface area contributed by atoms with Crippen molar-refractivity contribution in [2.45, 2.75) is 0 Å². The molecule has 0 saturated heterocycles. The van der Waals surface area contributed by atoms with Crippen molar-refractivity contribution < 1.29 is 9.47 Å². The Bertz CT molecular complexity index is 339. The van der Waals surface area contributed by atoms with E-state index >= 15 is 0 Å².